The molecule has 0 amide bonds. The van der Waals surface area contributed by atoms with Gasteiger partial charge in [-0.2, -0.15) is 4.57 Å². The van der Waals surface area contributed by atoms with Crippen LogP contribution in [0.5, 0.6) is 0 Å². The van der Waals surface area contributed by atoms with Crippen molar-refractivity contribution in [2.24, 2.45) is 0 Å². The molecule has 2 rings (SSSR count). The molecule has 1 atom stereocenters. The van der Waals surface area contributed by atoms with Crippen molar-refractivity contribution in [2.45, 2.75) is 19.6 Å². The van der Waals surface area contributed by atoms with E-state index in [2.05, 4.69) is 9.55 Å². The summed E-state index contributed by atoms with van der Waals surface area (Å²) in [5.74, 6) is 0. The standard InChI is InChI=1S/C8H11N2O/c1-7-10-4-3-9-6-8(10)2-5-11-7/h3-4,6-7H,2,5H2,1H3/q+1. The summed E-state index contributed by atoms with van der Waals surface area (Å²) >= 11 is 0. The molecule has 0 aliphatic carbocycles. The van der Waals surface area contributed by atoms with Gasteiger partial charge in [-0.05, 0) is 0 Å². The minimum absolute atomic E-state index is 0.168. The number of ether oxygens (including phenoxy) is 1. The Balaban J connectivity index is 2.44. The van der Waals surface area contributed by atoms with E-state index in [-0.39, 0.29) is 6.23 Å². The van der Waals surface area contributed by atoms with Crippen molar-refractivity contribution in [1.29, 1.82) is 0 Å². The zero-order valence-electron chi connectivity index (χ0n) is 6.53. The highest BCUT2D eigenvalue weighted by atomic mass is 16.5. The molecule has 0 spiro atoms. The Morgan fingerprint density at radius 1 is 1.73 bits per heavy atom. The lowest BCUT2D eigenvalue weighted by atomic mass is 10.3. The molecular formula is C8H11N2O+. The van der Waals surface area contributed by atoms with Crippen LogP contribution in [-0.2, 0) is 11.2 Å². The minimum atomic E-state index is 0.168. The second kappa shape index (κ2) is 2.58. The van der Waals surface area contributed by atoms with Gasteiger partial charge in [-0.15, -0.1) is 0 Å². The molecule has 1 aromatic rings. The quantitative estimate of drug-likeness (QED) is 0.503. The summed E-state index contributed by atoms with van der Waals surface area (Å²) in [7, 11) is 0. The molecular weight excluding hydrogens is 140 g/mol. The molecule has 1 aliphatic rings. The second-order valence-corrected chi connectivity index (χ2v) is 2.70. The molecule has 1 aromatic heterocycles. The number of nitrogens with zero attached hydrogens (tertiary/aromatic N) is 2. The van der Waals surface area contributed by atoms with Gasteiger partial charge in [-0.1, -0.05) is 0 Å². The highest BCUT2D eigenvalue weighted by Gasteiger charge is 2.22. The summed E-state index contributed by atoms with van der Waals surface area (Å²) in [6.45, 7) is 2.86. The monoisotopic (exact) mass is 151 g/mol. The van der Waals surface area contributed by atoms with Crippen LogP contribution in [-0.4, -0.2) is 11.6 Å². The molecule has 0 aromatic carbocycles. The lowest BCUT2D eigenvalue weighted by Gasteiger charge is -2.15. The topological polar surface area (TPSA) is 26.0 Å². The van der Waals surface area contributed by atoms with Crippen LogP contribution in [0.3, 0.4) is 0 Å². The molecule has 3 nitrogen and oxygen atoms in total. The summed E-state index contributed by atoms with van der Waals surface area (Å²) in [6.07, 6.45) is 6.78. The highest BCUT2D eigenvalue weighted by molar-refractivity contribution is 4.88. The summed E-state index contributed by atoms with van der Waals surface area (Å²) < 4.78 is 7.55. The first kappa shape index (κ1) is 6.73. The van der Waals surface area contributed by atoms with Gasteiger partial charge >= 0.3 is 0 Å². The van der Waals surface area contributed by atoms with Crippen LogP contribution >= 0.6 is 0 Å². The zero-order chi connectivity index (χ0) is 7.68. The number of hydrogen-bond donors (Lipinski definition) is 0. The summed E-state index contributed by atoms with van der Waals surface area (Å²) in [4.78, 5) is 4.06. The fraction of sp³-hybridized carbons (Fsp3) is 0.500. The molecule has 0 radical (unpaired) electrons. The number of aromatic nitrogens is 2. The van der Waals surface area contributed by atoms with Crippen LogP contribution in [0.25, 0.3) is 0 Å². The molecule has 0 N–H and O–H groups in total. The lowest BCUT2D eigenvalue weighted by Crippen LogP contribution is -2.47. The van der Waals surface area contributed by atoms with Gasteiger partial charge in [0.2, 0.25) is 5.69 Å². The van der Waals surface area contributed by atoms with Crippen molar-refractivity contribution in [3.63, 3.8) is 0 Å². The molecule has 0 saturated heterocycles. The van der Waals surface area contributed by atoms with Crippen LogP contribution in [0.2, 0.25) is 0 Å². The largest absolute Gasteiger partial charge is 0.321 e. The Bertz CT molecular complexity index is 262. The Morgan fingerprint density at radius 2 is 2.64 bits per heavy atom. The van der Waals surface area contributed by atoms with Crippen molar-refractivity contribution in [2.75, 3.05) is 6.61 Å². The predicted octanol–water partition coefficient (Wildman–Crippen LogP) is 0.460. The third-order valence-electron chi connectivity index (χ3n) is 1.98. The third-order valence-corrected chi connectivity index (χ3v) is 1.98. The van der Waals surface area contributed by atoms with Crippen LogP contribution in [0, 0.1) is 0 Å². The second-order valence-electron chi connectivity index (χ2n) is 2.70. The van der Waals surface area contributed by atoms with Gasteiger partial charge in [0.15, 0.2) is 6.20 Å². The van der Waals surface area contributed by atoms with Gasteiger partial charge in [0.25, 0.3) is 6.23 Å². The molecule has 11 heavy (non-hydrogen) atoms. The van der Waals surface area contributed by atoms with Gasteiger partial charge in [0.05, 0.1) is 25.4 Å². The van der Waals surface area contributed by atoms with Gasteiger partial charge in [-0.25, -0.2) is 0 Å². The van der Waals surface area contributed by atoms with Crippen molar-refractivity contribution in [3.05, 3.63) is 24.3 Å². The van der Waals surface area contributed by atoms with Gasteiger partial charge in [0.1, 0.15) is 0 Å². The van der Waals surface area contributed by atoms with Crippen LogP contribution in [0.15, 0.2) is 18.6 Å². The normalized spacial score (nSPS) is 22.8. The van der Waals surface area contributed by atoms with E-state index in [1.807, 2.05) is 19.3 Å². The maximum atomic E-state index is 5.44. The van der Waals surface area contributed by atoms with Crippen molar-refractivity contribution >= 4 is 0 Å². The first-order valence-corrected chi connectivity index (χ1v) is 3.83. The fourth-order valence-electron chi connectivity index (χ4n) is 1.36. The number of fused-ring (bicyclic) bond motifs is 1. The van der Waals surface area contributed by atoms with Crippen LogP contribution < -0.4 is 4.57 Å². The maximum absolute atomic E-state index is 5.44. The van der Waals surface area contributed by atoms with E-state index < -0.39 is 0 Å². The molecule has 58 valence electrons. The van der Waals surface area contributed by atoms with Gasteiger partial charge < -0.3 is 4.74 Å². The van der Waals surface area contributed by atoms with Crippen LogP contribution in [0.1, 0.15) is 18.8 Å². The van der Waals surface area contributed by atoms with E-state index in [1.165, 1.54) is 5.69 Å². The van der Waals surface area contributed by atoms with E-state index in [9.17, 15) is 0 Å². The highest BCUT2D eigenvalue weighted by Crippen LogP contribution is 2.06. The Kier molecular flexibility index (Phi) is 1.58. The molecule has 1 unspecified atom stereocenters. The molecule has 2 heterocycles. The molecule has 0 saturated carbocycles. The average molecular weight is 151 g/mol. The Labute approximate surface area is 65.6 Å². The van der Waals surface area contributed by atoms with Crippen molar-refractivity contribution in [1.82, 2.24) is 4.98 Å². The third kappa shape index (κ3) is 1.12. The smallest absolute Gasteiger partial charge is 0.259 e. The number of hydrogen-bond acceptors (Lipinski definition) is 2. The van der Waals surface area contributed by atoms with Gasteiger partial charge in [0, 0.05) is 6.92 Å². The van der Waals surface area contributed by atoms with E-state index in [0.717, 1.165) is 13.0 Å². The molecule has 1 aliphatic heterocycles. The van der Waals surface area contributed by atoms with E-state index in [1.54, 1.807) is 6.20 Å². The van der Waals surface area contributed by atoms with E-state index in [0.29, 0.717) is 0 Å². The summed E-state index contributed by atoms with van der Waals surface area (Å²) in [5, 5.41) is 0. The first-order valence-electron chi connectivity index (χ1n) is 3.83. The Morgan fingerprint density at radius 3 is 3.45 bits per heavy atom. The van der Waals surface area contributed by atoms with Crippen molar-refractivity contribution in [3.8, 4) is 0 Å². The first-order chi connectivity index (χ1) is 5.38. The minimum Gasteiger partial charge on any atom is -0.321 e. The predicted molar refractivity (Wildman–Crippen MR) is 38.8 cm³/mol. The zero-order valence-corrected chi connectivity index (χ0v) is 6.53. The molecule has 0 fully saturated rings. The van der Waals surface area contributed by atoms with Crippen molar-refractivity contribution < 1.29 is 9.30 Å². The molecule has 0 bridgehead atoms. The average Bonchev–Trinajstić information content (AvgIpc) is 2.06. The number of rotatable bonds is 0. The molecule has 3 heteroatoms. The maximum Gasteiger partial charge on any atom is 0.259 e. The van der Waals surface area contributed by atoms with E-state index >= 15 is 0 Å². The van der Waals surface area contributed by atoms with E-state index in [4.69, 9.17) is 4.74 Å². The lowest BCUT2D eigenvalue weighted by molar-refractivity contribution is -0.773. The fourth-order valence-corrected chi connectivity index (χ4v) is 1.36. The summed E-state index contributed by atoms with van der Waals surface area (Å²) in [6, 6.07) is 0. The van der Waals surface area contributed by atoms with Crippen LogP contribution in [0.4, 0.5) is 0 Å². The van der Waals surface area contributed by atoms with Gasteiger partial charge in [-0.3, -0.25) is 4.98 Å². The Hall–Kier alpha value is -0.960. The SMILES string of the molecule is CC1OCCc2cncc[n+]21. The summed E-state index contributed by atoms with van der Waals surface area (Å²) in [5.41, 5.74) is 1.26.